The standard InChI is InChI=1S/C13H21NO3/c1-13(2,14)10-7-6-9(8-15-3)11(16-4)12(10)17-5/h6-7H,8,14H2,1-5H3. The number of rotatable bonds is 5. The Hall–Kier alpha value is -1.26. The topological polar surface area (TPSA) is 53.7 Å². The monoisotopic (exact) mass is 239 g/mol. The molecule has 0 aliphatic rings. The second-order valence-corrected chi connectivity index (χ2v) is 4.49. The summed E-state index contributed by atoms with van der Waals surface area (Å²) < 4.78 is 15.9. The fourth-order valence-corrected chi connectivity index (χ4v) is 1.81. The minimum absolute atomic E-state index is 0.477. The van der Waals surface area contributed by atoms with Crippen LogP contribution in [0.3, 0.4) is 0 Å². The quantitative estimate of drug-likeness (QED) is 0.854. The molecule has 0 radical (unpaired) electrons. The smallest absolute Gasteiger partial charge is 0.166 e. The van der Waals surface area contributed by atoms with Crippen molar-refractivity contribution >= 4 is 0 Å². The highest BCUT2D eigenvalue weighted by Crippen LogP contribution is 2.39. The number of benzene rings is 1. The summed E-state index contributed by atoms with van der Waals surface area (Å²) in [5.74, 6) is 1.36. The first-order chi connectivity index (χ1) is 7.95. The predicted molar refractivity (Wildman–Crippen MR) is 67.5 cm³/mol. The zero-order valence-corrected chi connectivity index (χ0v) is 11.2. The molecule has 0 atom stereocenters. The number of methoxy groups -OCH3 is 3. The molecule has 1 rings (SSSR count). The third kappa shape index (κ3) is 2.90. The Morgan fingerprint density at radius 1 is 1.06 bits per heavy atom. The SMILES string of the molecule is COCc1ccc(C(C)(C)N)c(OC)c1OC. The van der Waals surface area contributed by atoms with Gasteiger partial charge in [-0.15, -0.1) is 0 Å². The van der Waals surface area contributed by atoms with Crippen LogP contribution in [0.1, 0.15) is 25.0 Å². The maximum atomic E-state index is 6.11. The molecule has 0 fully saturated rings. The number of hydrogen-bond acceptors (Lipinski definition) is 4. The molecule has 4 heteroatoms. The highest BCUT2D eigenvalue weighted by molar-refractivity contribution is 5.54. The molecule has 0 amide bonds. The van der Waals surface area contributed by atoms with Crippen LogP contribution in [0.4, 0.5) is 0 Å². The molecule has 1 aromatic rings. The van der Waals surface area contributed by atoms with E-state index in [1.165, 1.54) is 0 Å². The van der Waals surface area contributed by atoms with Crippen LogP contribution in [0.5, 0.6) is 11.5 Å². The summed E-state index contributed by atoms with van der Waals surface area (Å²) in [6.07, 6.45) is 0. The molecule has 0 aromatic heterocycles. The Balaban J connectivity index is 3.37. The molecule has 1 aromatic carbocycles. The van der Waals surface area contributed by atoms with Crippen LogP contribution in [0, 0.1) is 0 Å². The number of hydrogen-bond donors (Lipinski definition) is 1. The van der Waals surface area contributed by atoms with Crippen LogP contribution < -0.4 is 15.2 Å². The van der Waals surface area contributed by atoms with Gasteiger partial charge in [-0.05, 0) is 13.8 Å². The van der Waals surface area contributed by atoms with Crippen LogP contribution in [0.15, 0.2) is 12.1 Å². The zero-order chi connectivity index (χ0) is 13.1. The van der Waals surface area contributed by atoms with Crippen molar-refractivity contribution in [1.29, 1.82) is 0 Å². The number of nitrogens with two attached hydrogens (primary N) is 1. The lowest BCUT2D eigenvalue weighted by Crippen LogP contribution is -2.29. The van der Waals surface area contributed by atoms with E-state index >= 15 is 0 Å². The van der Waals surface area contributed by atoms with Gasteiger partial charge in [0.05, 0.1) is 20.8 Å². The van der Waals surface area contributed by atoms with Crippen molar-refractivity contribution in [2.24, 2.45) is 5.73 Å². The van der Waals surface area contributed by atoms with Gasteiger partial charge in [0.25, 0.3) is 0 Å². The molecule has 0 heterocycles. The van der Waals surface area contributed by atoms with Gasteiger partial charge in [-0.2, -0.15) is 0 Å². The third-order valence-electron chi connectivity index (χ3n) is 2.60. The largest absolute Gasteiger partial charge is 0.492 e. The van der Waals surface area contributed by atoms with E-state index in [0.29, 0.717) is 18.1 Å². The van der Waals surface area contributed by atoms with Gasteiger partial charge in [0, 0.05) is 23.8 Å². The Morgan fingerprint density at radius 3 is 2.06 bits per heavy atom. The first kappa shape index (κ1) is 13.8. The van der Waals surface area contributed by atoms with Crippen molar-refractivity contribution in [2.45, 2.75) is 26.0 Å². The van der Waals surface area contributed by atoms with Gasteiger partial charge in [0.15, 0.2) is 11.5 Å². The van der Waals surface area contributed by atoms with Crippen LogP contribution in [0.25, 0.3) is 0 Å². The van der Waals surface area contributed by atoms with E-state index in [1.807, 2.05) is 26.0 Å². The van der Waals surface area contributed by atoms with Gasteiger partial charge in [0.2, 0.25) is 0 Å². The van der Waals surface area contributed by atoms with Crippen molar-refractivity contribution in [3.05, 3.63) is 23.3 Å². The average Bonchev–Trinajstić information content (AvgIpc) is 2.27. The zero-order valence-electron chi connectivity index (χ0n) is 11.2. The Morgan fingerprint density at radius 2 is 1.65 bits per heavy atom. The molecule has 0 saturated heterocycles. The fourth-order valence-electron chi connectivity index (χ4n) is 1.81. The lowest BCUT2D eigenvalue weighted by Gasteiger charge is -2.24. The molecular weight excluding hydrogens is 218 g/mol. The van der Waals surface area contributed by atoms with E-state index in [4.69, 9.17) is 19.9 Å². The van der Waals surface area contributed by atoms with Crippen molar-refractivity contribution < 1.29 is 14.2 Å². The van der Waals surface area contributed by atoms with Gasteiger partial charge < -0.3 is 19.9 Å². The lowest BCUT2D eigenvalue weighted by molar-refractivity contribution is 0.180. The highest BCUT2D eigenvalue weighted by atomic mass is 16.5. The van der Waals surface area contributed by atoms with E-state index in [0.717, 1.165) is 11.1 Å². The van der Waals surface area contributed by atoms with Crippen LogP contribution in [-0.4, -0.2) is 21.3 Å². The summed E-state index contributed by atoms with van der Waals surface area (Å²) in [6, 6.07) is 3.91. The maximum absolute atomic E-state index is 6.11. The normalized spacial score (nSPS) is 11.4. The minimum atomic E-state index is -0.482. The molecule has 0 bridgehead atoms. The molecule has 17 heavy (non-hydrogen) atoms. The second-order valence-electron chi connectivity index (χ2n) is 4.49. The van der Waals surface area contributed by atoms with Crippen LogP contribution in [0.2, 0.25) is 0 Å². The molecule has 0 aliphatic heterocycles. The number of ether oxygens (including phenoxy) is 3. The molecule has 0 saturated carbocycles. The van der Waals surface area contributed by atoms with Gasteiger partial charge >= 0.3 is 0 Å². The molecule has 0 spiro atoms. The van der Waals surface area contributed by atoms with E-state index < -0.39 is 5.54 Å². The summed E-state index contributed by atoms with van der Waals surface area (Å²) in [5, 5.41) is 0. The van der Waals surface area contributed by atoms with E-state index in [2.05, 4.69) is 0 Å². The Kier molecular flexibility index (Phi) is 4.37. The van der Waals surface area contributed by atoms with Crippen molar-refractivity contribution in [2.75, 3.05) is 21.3 Å². The van der Waals surface area contributed by atoms with Gasteiger partial charge in [-0.3, -0.25) is 0 Å². The summed E-state index contributed by atoms with van der Waals surface area (Å²) in [7, 11) is 4.88. The first-order valence-electron chi connectivity index (χ1n) is 5.47. The maximum Gasteiger partial charge on any atom is 0.166 e. The summed E-state index contributed by atoms with van der Waals surface area (Å²) in [6.45, 7) is 4.34. The Bertz CT molecular complexity index is 383. The van der Waals surface area contributed by atoms with E-state index in [1.54, 1.807) is 21.3 Å². The van der Waals surface area contributed by atoms with Crippen molar-refractivity contribution in [1.82, 2.24) is 0 Å². The molecule has 4 nitrogen and oxygen atoms in total. The molecule has 0 unspecified atom stereocenters. The second kappa shape index (κ2) is 5.38. The predicted octanol–water partition coefficient (Wildman–Crippen LogP) is 2.04. The lowest BCUT2D eigenvalue weighted by atomic mass is 9.93. The van der Waals surface area contributed by atoms with E-state index in [9.17, 15) is 0 Å². The van der Waals surface area contributed by atoms with Crippen molar-refractivity contribution in [3.63, 3.8) is 0 Å². The van der Waals surface area contributed by atoms with Gasteiger partial charge in [-0.1, -0.05) is 12.1 Å². The van der Waals surface area contributed by atoms with Gasteiger partial charge in [0.1, 0.15) is 0 Å². The first-order valence-corrected chi connectivity index (χ1v) is 5.47. The molecule has 2 N–H and O–H groups in total. The minimum Gasteiger partial charge on any atom is -0.492 e. The fraction of sp³-hybridized carbons (Fsp3) is 0.538. The van der Waals surface area contributed by atoms with Crippen LogP contribution >= 0.6 is 0 Å². The summed E-state index contributed by atoms with van der Waals surface area (Å²) >= 11 is 0. The van der Waals surface area contributed by atoms with E-state index in [-0.39, 0.29) is 0 Å². The van der Waals surface area contributed by atoms with Gasteiger partial charge in [-0.25, -0.2) is 0 Å². The summed E-state index contributed by atoms with van der Waals surface area (Å²) in [5.41, 5.74) is 7.49. The Labute approximate surface area is 103 Å². The molecule has 0 aliphatic carbocycles. The third-order valence-corrected chi connectivity index (χ3v) is 2.60. The average molecular weight is 239 g/mol. The molecular formula is C13H21NO3. The molecule has 96 valence electrons. The van der Waals surface area contributed by atoms with Crippen LogP contribution in [-0.2, 0) is 16.9 Å². The van der Waals surface area contributed by atoms with Crippen molar-refractivity contribution in [3.8, 4) is 11.5 Å². The highest BCUT2D eigenvalue weighted by Gasteiger charge is 2.23. The summed E-state index contributed by atoms with van der Waals surface area (Å²) in [4.78, 5) is 0.